The van der Waals surface area contributed by atoms with E-state index in [9.17, 15) is 13.6 Å². The Labute approximate surface area is 104 Å². The zero-order chi connectivity index (χ0) is 13.8. The van der Waals surface area contributed by atoms with Gasteiger partial charge in [-0.3, -0.25) is 4.79 Å². The predicted molar refractivity (Wildman–Crippen MR) is 63.1 cm³/mol. The van der Waals surface area contributed by atoms with Gasteiger partial charge in [0.15, 0.2) is 11.6 Å². The minimum atomic E-state index is -0.973. The SMILES string of the molecule is CC(C)(N)C(=O)NCCOc1ccc(F)c(F)c1. The first-order valence-corrected chi connectivity index (χ1v) is 5.46. The second-order valence-electron chi connectivity index (χ2n) is 4.40. The number of hydrogen-bond acceptors (Lipinski definition) is 3. The van der Waals surface area contributed by atoms with Gasteiger partial charge in [-0.05, 0) is 26.0 Å². The van der Waals surface area contributed by atoms with Crippen molar-refractivity contribution in [1.82, 2.24) is 5.32 Å². The smallest absolute Gasteiger partial charge is 0.239 e. The van der Waals surface area contributed by atoms with E-state index in [-0.39, 0.29) is 24.8 Å². The summed E-state index contributed by atoms with van der Waals surface area (Å²) in [7, 11) is 0. The van der Waals surface area contributed by atoms with Gasteiger partial charge in [-0.15, -0.1) is 0 Å². The summed E-state index contributed by atoms with van der Waals surface area (Å²) in [5.74, 6) is -2.01. The Morgan fingerprint density at radius 1 is 1.39 bits per heavy atom. The molecule has 0 aliphatic heterocycles. The van der Waals surface area contributed by atoms with Crippen molar-refractivity contribution < 1.29 is 18.3 Å². The standard InChI is InChI=1S/C12H16F2N2O2/c1-12(2,15)11(17)16-5-6-18-8-3-4-9(13)10(14)7-8/h3-4,7H,5-6,15H2,1-2H3,(H,16,17). The number of nitrogens with one attached hydrogen (secondary N) is 1. The number of amides is 1. The van der Waals surface area contributed by atoms with E-state index in [1.165, 1.54) is 6.07 Å². The van der Waals surface area contributed by atoms with E-state index in [2.05, 4.69) is 5.32 Å². The number of carbonyl (C=O) groups is 1. The molecule has 0 unspecified atom stereocenters. The average Bonchev–Trinajstić information content (AvgIpc) is 2.27. The Hall–Kier alpha value is -1.69. The largest absolute Gasteiger partial charge is 0.492 e. The molecule has 0 atom stereocenters. The molecule has 4 nitrogen and oxygen atoms in total. The molecule has 0 radical (unpaired) electrons. The summed E-state index contributed by atoms with van der Waals surface area (Å²) in [4.78, 5) is 11.4. The van der Waals surface area contributed by atoms with Crippen molar-refractivity contribution in [2.24, 2.45) is 5.73 Å². The van der Waals surface area contributed by atoms with Crippen LogP contribution in [0.1, 0.15) is 13.8 Å². The van der Waals surface area contributed by atoms with Crippen molar-refractivity contribution in [3.05, 3.63) is 29.8 Å². The number of halogens is 2. The van der Waals surface area contributed by atoms with Gasteiger partial charge in [-0.2, -0.15) is 0 Å². The van der Waals surface area contributed by atoms with Gasteiger partial charge in [-0.25, -0.2) is 8.78 Å². The van der Waals surface area contributed by atoms with Crippen LogP contribution in [-0.4, -0.2) is 24.6 Å². The van der Waals surface area contributed by atoms with Gasteiger partial charge >= 0.3 is 0 Å². The maximum Gasteiger partial charge on any atom is 0.239 e. The maximum atomic E-state index is 12.8. The number of carbonyl (C=O) groups excluding carboxylic acids is 1. The lowest BCUT2D eigenvalue weighted by Gasteiger charge is -2.17. The van der Waals surface area contributed by atoms with Gasteiger partial charge in [0, 0.05) is 6.07 Å². The van der Waals surface area contributed by atoms with E-state index in [1.807, 2.05) is 0 Å². The Morgan fingerprint density at radius 3 is 2.61 bits per heavy atom. The summed E-state index contributed by atoms with van der Waals surface area (Å²) in [6.07, 6.45) is 0. The van der Waals surface area contributed by atoms with Crippen LogP contribution in [0.3, 0.4) is 0 Å². The first-order valence-electron chi connectivity index (χ1n) is 5.46. The van der Waals surface area contributed by atoms with E-state index in [1.54, 1.807) is 13.8 Å². The third kappa shape index (κ3) is 4.29. The molecule has 3 N–H and O–H groups in total. The molecule has 0 spiro atoms. The fourth-order valence-electron chi connectivity index (χ4n) is 1.13. The highest BCUT2D eigenvalue weighted by molar-refractivity contribution is 5.84. The summed E-state index contributed by atoms with van der Waals surface area (Å²) in [6.45, 7) is 3.54. The van der Waals surface area contributed by atoms with Crippen LogP contribution in [0.25, 0.3) is 0 Å². The molecule has 0 bridgehead atoms. The summed E-state index contributed by atoms with van der Waals surface area (Å²) in [6, 6.07) is 3.24. The fourth-order valence-corrected chi connectivity index (χ4v) is 1.13. The Morgan fingerprint density at radius 2 is 2.06 bits per heavy atom. The number of nitrogens with two attached hydrogens (primary N) is 1. The molecule has 100 valence electrons. The third-order valence-electron chi connectivity index (χ3n) is 2.13. The molecule has 0 aliphatic carbocycles. The van der Waals surface area contributed by atoms with Crippen LogP contribution in [0, 0.1) is 11.6 Å². The van der Waals surface area contributed by atoms with E-state index >= 15 is 0 Å². The molecule has 0 saturated carbocycles. The third-order valence-corrected chi connectivity index (χ3v) is 2.13. The quantitative estimate of drug-likeness (QED) is 0.780. The number of hydrogen-bond donors (Lipinski definition) is 2. The molecule has 6 heteroatoms. The van der Waals surface area contributed by atoms with E-state index in [0.717, 1.165) is 12.1 Å². The molecule has 1 aromatic rings. The molecule has 0 aliphatic rings. The van der Waals surface area contributed by atoms with Gasteiger partial charge in [0.05, 0.1) is 12.1 Å². The zero-order valence-corrected chi connectivity index (χ0v) is 10.3. The summed E-state index contributed by atoms with van der Waals surface area (Å²) in [5.41, 5.74) is 4.61. The molecular weight excluding hydrogens is 242 g/mol. The summed E-state index contributed by atoms with van der Waals surface area (Å²) in [5, 5.41) is 2.56. The average molecular weight is 258 g/mol. The Kier molecular flexibility index (Phi) is 4.61. The summed E-state index contributed by atoms with van der Waals surface area (Å²) >= 11 is 0. The number of ether oxygens (including phenoxy) is 1. The maximum absolute atomic E-state index is 12.8. The van der Waals surface area contributed by atoms with Gasteiger partial charge in [0.1, 0.15) is 12.4 Å². The van der Waals surface area contributed by atoms with Crippen LogP contribution in [0.5, 0.6) is 5.75 Å². The van der Waals surface area contributed by atoms with Gasteiger partial charge < -0.3 is 15.8 Å². The molecule has 0 aromatic heterocycles. The second-order valence-corrected chi connectivity index (χ2v) is 4.40. The normalized spacial score (nSPS) is 11.2. The second kappa shape index (κ2) is 5.77. The van der Waals surface area contributed by atoms with Crippen LogP contribution in [0.15, 0.2) is 18.2 Å². The number of benzene rings is 1. The lowest BCUT2D eigenvalue weighted by atomic mass is 10.1. The Balaban J connectivity index is 2.34. The number of rotatable bonds is 5. The molecule has 0 heterocycles. The topological polar surface area (TPSA) is 64.4 Å². The highest BCUT2D eigenvalue weighted by atomic mass is 19.2. The highest BCUT2D eigenvalue weighted by Gasteiger charge is 2.20. The van der Waals surface area contributed by atoms with E-state index in [4.69, 9.17) is 10.5 Å². The van der Waals surface area contributed by atoms with Gasteiger partial charge in [0.2, 0.25) is 5.91 Å². The van der Waals surface area contributed by atoms with Crippen molar-refractivity contribution in [1.29, 1.82) is 0 Å². The molecule has 1 amide bonds. The molecular formula is C12H16F2N2O2. The van der Waals surface area contributed by atoms with Gasteiger partial charge in [0.25, 0.3) is 0 Å². The summed E-state index contributed by atoms with van der Waals surface area (Å²) < 4.78 is 30.6. The minimum absolute atomic E-state index is 0.146. The van der Waals surface area contributed by atoms with Crippen molar-refractivity contribution >= 4 is 5.91 Å². The van der Waals surface area contributed by atoms with Crippen molar-refractivity contribution in [2.45, 2.75) is 19.4 Å². The molecule has 1 aromatic carbocycles. The lowest BCUT2D eigenvalue weighted by Crippen LogP contribution is -2.49. The molecule has 1 rings (SSSR count). The lowest BCUT2D eigenvalue weighted by molar-refractivity contribution is -0.125. The van der Waals surface area contributed by atoms with Crippen LogP contribution in [-0.2, 0) is 4.79 Å². The highest BCUT2D eigenvalue weighted by Crippen LogP contribution is 2.14. The molecule has 0 saturated heterocycles. The van der Waals surface area contributed by atoms with Gasteiger partial charge in [-0.1, -0.05) is 0 Å². The van der Waals surface area contributed by atoms with Crippen LogP contribution in [0.4, 0.5) is 8.78 Å². The monoisotopic (exact) mass is 258 g/mol. The van der Waals surface area contributed by atoms with Crippen molar-refractivity contribution in [3.63, 3.8) is 0 Å². The molecule has 0 fully saturated rings. The first kappa shape index (κ1) is 14.4. The zero-order valence-electron chi connectivity index (χ0n) is 10.3. The van der Waals surface area contributed by atoms with E-state index in [0.29, 0.717) is 0 Å². The van der Waals surface area contributed by atoms with Crippen LogP contribution in [0.2, 0.25) is 0 Å². The van der Waals surface area contributed by atoms with Crippen LogP contribution < -0.4 is 15.8 Å². The molecule has 18 heavy (non-hydrogen) atoms. The fraction of sp³-hybridized carbons (Fsp3) is 0.417. The predicted octanol–water partition coefficient (Wildman–Crippen LogP) is 1.20. The Bertz CT molecular complexity index is 431. The van der Waals surface area contributed by atoms with Crippen LogP contribution >= 0.6 is 0 Å². The first-order chi connectivity index (χ1) is 8.30. The van der Waals surface area contributed by atoms with E-state index < -0.39 is 17.2 Å². The van der Waals surface area contributed by atoms with Crippen molar-refractivity contribution in [3.8, 4) is 5.75 Å². The van der Waals surface area contributed by atoms with Crippen molar-refractivity contribution in [2.75, 3.05) is 13.2 Å². The minimum Gasteiger partial charge on any atom is -0.492 e.